The summed E-state index contributed by atoms with van der Waals surface area (Å²) in [6, 6.07) is 23.1. The Morgan fingerprint density at radius 2 is 0.654 bits per heavy atom. The predicted molar refractivity (Wildman–Crippen MR) is 114 cm³/mol. The number of rotatable bonds is 0. The summed E-state index contributed by atoms with van der Waals surface area (Å²) in [7, 11) is 0. The Kier molecular flexibility index (Phi) is 1.66. The second kappa shape index (κ2) is 3.59. The van der Waals surface area contributed by atoms with Crippen molar-refractivity contribution in [3.05, 3.63) is 71.8 Å². The van der Waals surface area contributed by atoms with Crippen LogP contribution in [0.1, 0.15) is 11.1 Å². The molecule has 0 aromatic heterocycles. The smallest absolute Gasteiger partial charge is 0.000181 e. The molecule has 0 radical (unpaired) electrons. The molecule has 0 unspecified atom stereocenters. The third-order valence-electron chi connectivity index (χ3n) is 6.60. The van der Waals surface area contributed by atoms with Gasteiger partial charge in [0.25, 0.3) is 0 Å². The summed E-state index contributed by atoms with van der Waals surface area (Å²) in [4.78, 5) is 0. The van der Waals surface area contributed by atoms with Crippen molar-refractivity contribution >= 4 is 76.8 Å². The minimum Gasteiger partial charge on any atom is -0.0537 e. The van der Waals surface area contributed by atoms with Crippen LogP contribution in [0.25, 0.3) is 76.8 Å². The van der Waals surface area contributed by atoms with Crippen molar-refractivity contribution in [2.75, 3.05) is 0 Å². The Morgan fingerprint density at radius 1 is 0.308 bits per heavy atom. The highest BCUT2D eigenvalue weighted by Crippen LogP contribution is 2.50. The molecule has 0 bridgehead atoms. The van der Waals surface area contributed by atoms with E-state index >= 15 is 0 Å². The highest BCUT2D eigenvalue weighted by Gasteiger charge is 2.23. The first-order valence-corrected chi connectivity index (χ1v) is 9.21. The highest BCUT2D eigenvalue weighted by atomic mass is 14.3. The lowest BCUT2D eigenvalue weighted by atomic mass is 9.81. The predicted octanol–water partition coefficient (Wildman–Crippen LogP) is 7.40. The summed E-state index contributed by atoms with van der Waals surface area (Å²) in [6.07, 6.45) is 4.57. The van der Waals surface area contributed by atoms with Crippen molar-refractivity contribution in [3.8, 4) is 0 Å². The quantitative estimate of drug-likeness (QED) is 0.201. The van der Waals surface area contributed by atoms with Crippen LogP contribution in [-0.2, 0) is 0 Å². The standard InChI is InChI=1S/C26H12/c1-3-14-5-7-18-11-16-9-10-17-12-19-8-6-15-4-2-13(1)21-22(14)24(18)26(20(16)17)25(19)23(15)21/h1-12H. The Labute approximate surface area is 148 Å². The van der Waals surface area contributed by atoms with Crippen LogP contribution >= 0.6 is 0 Å². The number of hydrogen-bond acceptors (Lipinski definition) is 0. The summed E-state index contributed by atoms with van der Waals surface area (Å²) in [5.41, 5.74) is 2.74. The third-order valence-corrected chi connectivity index (χ3v) is 6.60. The van der Waals surface area contributed by atoms with Gasteiger partial charge in [-0.25, -0.2) is 0 Å². The largest absolute Gasteiger partial charge is 0.0537 e. The molecule has 116 valence electrons. The molecule has 0 heterocycles. The van der Waals surface area contributed by atoms with Gasteiger partial charge in [0.15, 0.2) is 0 Å². The molecular weight excluding hydrogens is 312 g/mol. The third kappa shape index (κ3) is 1.08. The Balaban J connectivity index is 1.97. The lowest BCUT2D eigenvalue weighted by Crippen LogP contribution is -1.93. The summed E-state index contributed by atoms with van der Waals surface area (Å²) in [6.45, 7) is 0. The molecule has 0 fully saturated rings. The van der Waals surface area contributed by atoms with E-state index in [1.54, 1.807) is 0 Å². The minimum absolute atomic E-state index is 1.35. The second-order valence-electron chi connectivity index (χ2n) is 7.77. The highest BCUT2D eigenvalue weighted by molar-refractivity contribution is 6.45. The molecule has 0 aliphatic heterocycles. The monoisotopic (exact) mass is 324 g/mol. The molecule has 0 saturated carbocycles. The van der Waals surface area contributed by atoms with Gasteiger partial charge in [-0.3, -0.25) is 0 Å². The van der Waals surface area contributed by atoms with Crippen molar-refractivity contribution < 1.29 is 0 Å². The van der Waals surface area contributed by atoms with Gasteiger partial charge in [-0.15, -0.1) is 0 Å². The molecule has 0 nitrogen and oxygen atoms in total. The molecular formula is C26H12. The van der Waals surface area contributed by atoms with Crippen molar-refractivity contribution in [1.29, 1.82) is 0 Å². The van der Waals surface area contributed by atoms with E-state index < -0.39 is 0 Å². The van der Waals surface area contributed by atoms with Crippen molar-refractivity contribution in [2.45, 2.75) is 0 Å². The molecule has 7 aromatic carbocycles. The van der Waals surface area contributed by atoms with E-state index in [4.69, 9.17) is 0 Å². The fourth-order valence-corrected chi connectivity index (χ4v) is 5.61. The van der Waals surface area contributed by atoms with Crippen molar-refractivity contribution in [2.24, 2.45) is 0 Å². The molecule has 0 atom stereocenters. The zero-order valence-corrected chi connectivity index (χ0v) is 13.9. The van der Waals surface area contributed by atoms with E-state index in [-0.39, 0.29) is 0 Å². The maximum atomic E-state index is 2.38. The Bertz CT molecular complexity index is 1590. The molecule has 8 rings (SSSR count). The summed E-state index contributed by atoms with van der Waals surface area (Å²) in [5.74, 6) is 0. The minimum atomic E-state index is 1.35. The molecule has 1 aliphatic carbocycles. The van der Waals surface area contributed by atoms with E-state index in [0.717, 1.165) is 0 Å². The average molecular weight is 324 g/mol. The zero-order chi connectivity index (χ0) is 16.6. The van der Waals surface area contributed by atoms with Gasteiger partial charge in [0.05, 0.1) is 0 Å². The number of benzene rings is 7. The van der Waals surface area contributed by atoms with E-state index in [1.165, 1.54) is 75.8 Å². The van der Waals surface area contributed by atoms with Gasteiger partial charge in [0.1, 0.15) is 0 Å². The second-order valence-corrected chi connectivity index (χ2v) is 7.77. The van der Waals surface area contributed by atoms with Gasteiger partial charge in [0, 0.05) is 0 Å². The van der Waals surface area contributed by atoms with E-state index in [0.29, 0.717) is 0 Å². The SMILES string of the molecule is C1=Cc2cc3ccc4ccc5ccc6ccc7cc1c2c1c7c6c5c4c31. The summed E-state index contributed by atoms with van der Waals surface area (Å²) in [5, 5.41) is 16.9. The van der Waals surface area contributed by atoms with Crippen LogP contribution in [0.2, 0.25) is 0 Å². The topological polar surface area (TPSA) is 0 Å². The first-order chi connectivity index (χ1) is 12.9. The average Bonchev–Trinajstić information content (AvgIpc) is 3.10. The van der Waals surface area contributed by atoms with E-state index in [1.807, 2.05) is 0 Å². The van der Waals surface area contributed by atoms with Gasteiger partial charge in [-0.1, -0.05) is 60.7 Å². The molecule has 0 heteroatoms. The Hall–Kier alpha value is -3.38. The van der Waals surface area contributed by atoms with Crippen LogP contribution in [-0.4, -0.2) is 0 Å². The molecule has 26 heavy (non-hydrogen) atoms. The van der Waals surface area contributed by atoms with Crippen LogP contribution in [0.4, 0.5) is 0 Å². The lowest BCUT2D eigenvalue weighted by molar-refractivity contribution is 1.78. The molecule has 1 aliphatic rings. The fraction of sp³-hybridized carbons (Fsp3) is 0. The first kappa shape index (κ1) is 12.1. The van der Waals surface area contributed by atoms with Gasteiger partial charge in [0.2, 0.25) is 0 Å². The van der Waals surface area contributed by atoms with E-state index in [9.17, 15) is 0 Å². The molecule has 0 spiro atoms. The summed E-state index contributed by atoms with van der Waals surface area (Å²) >= 11 is 0. The lowest BCUT2D eigenvalue weighted by Gasteiger charge is -2.21. The van der Waals surface area contributed by atoms with Crippen LogP contribution in [0.15, 0.2) is 60.7 Å². The van der Waals surface area contributed by atoms with Crippen molar-refractivity contribution in [3.63, 3.8) is 0 Å². The van der Waals surface area contributed by atoms with Crippen LogP contribution in [0.3, 0.4) is 0 Å². The zero-order valence-electron chi connectivity index (χ0n) is 13.9. The maximum absolute atomic E-state index is 2.38. The summed E-state index contributed by atoms with van der Waals surface area (Å²) < 4.78 is 0. The number of hydrogen-bond donors (Lipinski definition) is 0. The fourth-order valence-electron chi connectivity index (χ4n) is 5.61. The van der Waals surface area contributed by atoms with Crippen LogP contribution < -0.4 is 0 Å². The van der Waals surface area contributed by atoms with Gasteiger partial charge < -0.3 is 0 Å². The first-order valence-electron chi connectivity index (χ1n) is 9.21. The van der Waals surface area contributed by atoms with Crippen LogP contribution in [0.5, 0.6) is 0 Å². The normalized spacial score (nSPS) is 14.0. The van der Waals surface area contributed by atoms with E-state index in [2.05, 4.69) is 72.8 Å². The van der Waals surface area contributed by atoms with Crippen molar-refractivity contribution in [1.82, 2.24) is 0 Å². The van der Waals surface area contributed by atoms with Crippen LogP contribution in [0, 0.1) is 0 Å². The van der Waals surface area contributed by atoms with Gasteiger partial charge >= 0.3 is 0 Å². The maximum Gasteiger partial charge on any atom is -0.000181 e. The molecule has 0 N–H and O–H groups in total. The van der Waals surface area contributed by atoms with Gasteiger partial charge in [-0.2, -0.15) is 0 Å². The molecule has 7 aromatic rings. The van der Waals surface area contributed by atoms with Gasteiger partial charge in [-0.05, 0) is 87.9 Å². The molecule has 0 saturated heterocycles. The molecule has 0 amide bonds. The Morgan fingerprint density at radius 3 is 1.08 bits per heavy atom.